The summed E-state index contributed by atoms with van der Waals surface area (Å²) in [5.41, 5.74) is 6.16. The van der Waals surface area contributed by atoms with E-state index in [-0.39, 0.29) is 11.9 Å². The Morgan fingerprint density at radius 3 is 2.62 bits per heavy atom. The van der Waals surface area contributed by atoms with Crippen molar-refractivity contribution >= 4 is 22.9 Å². The zero-order chi connectivity index (χ0) is 23.7. The van der Waals surface area contributed by atoms with E-state index in [4.69, 9.17) is 4.98 Å². The number of carboxylic acids is 1. The fourth-order valence-electron chi connectivity index (χ4n) is 4.75. The van der Waals surface area contributed by atoms with Gasteiger partial charge >= 0.3 is 5.97 Å². The van der Waals surface area contributed by atoms with Crippen LogP contribution in [-0.2, 0) is 17.8 Å². The highest BCUT2D eigenvalue weighted by atomic mass is 16.4. The molecule has 1 atom stereocenters. The minimum absolute atomic E-state index is 0.0588. The number of rotatable bonds is 7. The van der Waals surface area contributed by atoms with Crippen LogP contribution < -0.4 is 5.32 Å². The Morgan fingerprint density at radius 1 is 1.12 bits per heavy atom. The van der Waals surface area contributed by atoms with Gasteiger partial charge in [0.2, 0.25) is 5.91 Å². The topological polar surface area (TPSA) is 84.2 Å². The van der Waals surface area contributed by atoms with E-state index in [0.717, 1.165) is 52.8 Å². The molecule has 0 bridgehead atoms. The molecule has 0 spiro atoms. The largest absolute Gasteiger partial charge is 0.478 e. The van der Waals surface area contributed by atoms with Crippen molar-refractivity contribution in [3.8, 4) is 11.1 Å². The average Bonchev–Trinajstić information content (AvgIpc) is 3.43. The van der Waals surface area contributed by atoms with Crippen LogP contribution in [0.5, 0.6) is 0 Å². The third-order valence-electron chi connectivity index (χ3n) is 6.49. The molecule has 1 aliphatic heterocycles. The highest BCUT2D eigenvalue weighted by molar-refractivity contribution is 5.96. The van der Waals surface area contributed by atoms with Crippen molar-refractivity contribution < 1.29 is 14.7 Å². The summed E-state index contributed by atoms with van der Waals surface area (Å²) in [6.07, 6.45) is 3.27. The van der Waals surface area contributed by atoms with Gasteiger partial charge in [0.1, 0.15) is 5.82 Å². The summed E-state index contributed by atoms with van der Waals surface area (Å²) in [6, 6.07) is 21.5. The minimum atomic E-state index is -0.928. The molecule has 1 fully saturated rings. The number of carbonyl (C=O) groups excluding carboxylic acids is 1. The van der Waals surface area contributed by atoms with Crippen LogP contribution in [0.2, 0.25) is 0 Å². The van der Waals surface area contributed by atoms with E-state index < -0.39 is 5.97 Å². The Morgan fingerprint density at radius 2 is 1.91 bits per heavy atom. The fraction of sp³-hybridized carbons (Fsp3) is 0.250. The summed E-state index contributed by atoms with van der Waals surface area (Å²) >= 11 is 0. The van der Waals surface area contributed by atoms with Gasteiger partial charge < -0.3 is 15.0 Å². The van der Waals surface area contributed by atoms with E-state index in [9.17, 15) is 14.7 Å². The second-order valence-corrected chi connectivity index (χ2v) is 8.82. The van der Waals surface area contributed by atoms with Gasteiger partial charge in [-0.1, -0.05) is 55.5 Å². The van der Waals surface area contributed by atoms with Crippen LogP contribution in [0.1, 0.15) is 59.5 Å². The first-order chi connectivity index (χ1) is 16.5. The molecule has 0 saturated carbocycles. The van der Waals surface area contributed by atoms with E-state index in [2.05, 4.69) is 47.1 Å². The number of hydrogen-bond donors (Lipinski definition) is 2. The number of aromatic nitrogens is 2. The number of hydrogen-bond acceptors (Lipinski definition) is 3. The fourth-order valence-corrected chi connectivity index (χ4v) is 4.75. The number of nitrogens with zero attached hydrogens (tertiary/aromatic N) is 2. The maximum Gasteiger partial charge on any atom is 0.336 e. The predicted octanol–water partition coefficient (Wildman–Crippen LogP) is 5.35. The number of aromatic carboxylic acids is 1. The molecule has 3 aromatic carbocycles. The predicted molar refractivity (Wildman–Crippen MR) is 132 cm³/mol. The molecule has 0 aliphatic carbocycles. The molecule has 1 amide bonds. The Hall–Kier alpha value is -3.93. The van der Waals surface area contributed by atoms with E-state index in [1.54, 1.807) is 12.1 Å². The van der Waals surface area contributed by atoms with Gasteiger partial charge in [0, 0.05) is 19.4 Å². The van der Waals surface area contributed by atoms with Crippen molar-refractivity contribution in [3.63, 3.8) is 0 Å². The van der Waals surface area contributed by atoms with E-state index in [1.807, 2.05) is 24.3 Å². The molecule has 5 rings (SSSR count). The number of fused-ring (bicyclic) bond motifs is 1. The second-order valence-electron chi connectivity index (χ2n) is 8.82. The van der Waals surface area contributed by atoms with Crippen LogP contribution in [0.25, 0.3) is 22.2 Å². The lowest BCUT2D eigenvalue weighted by molar-refractivity contribution is -0.119. The summed E-state index contributed by atoms with van der Waals surface area (Å²) in [5, 5.41) is 12.6. The van der Waals surface area contributed by atoms with Crippen LogP contribution >= 0.6 is 0 Å². The van der Waals surface area contributed by atoms with Gasteiger partial charge in [-0.05, 0) is 53.3 Å². The molecule has 6 heteroatoms. The molecule has 0 radical (unpaired) electrons. The zero-order valence-electron chi connectivity index (χ0n) is 19.1. The molecule has 34 heavy (non-hydrogen) atoms. The van der Waals surface area contributed by atoms with Crippen LogP contribution in [0.3, 0.4) is 0 Å². The van der Waals surface area contributed by atoms with E-state index in [0.29, 0.717) is 24.1 Å². The monoisotopic (exact) mass is 453 g/mol. The van der Waals surface area contributed by atoms with Gasteiger partial charge in [-0.25, -0.2) is 9.78 Å². The molecule has 172 valence electrons. The van der Waals surface area contributed by atoms with Crippen molar-refractivity contribution in [2.24, 2.45) is 0 Å². The molecular formula is C28H27N3O3. The maximum atomic E-state index is 11.7. The van der Waals surface area contributed by atoms with Crippen molar-refractivity contribution in [1.29, 1.82) is 0 Å². The Bertz CT molecular complexity index is 1370. The lowest BCUT2D eigenvalue weighted by Crippen LogP contribution is -2.18. The highest BCUT2D eigenvalue weighted by Crippen LogP contribution is 2.29. The van der Waals surface area contributed by atoms with Gasteiger partial charge in [0.05, 0.1) is 22.6 Å². The standard InChI is InChI=1S/C28H27N3O3/c1-2-5-26-29-24-13-12-20(23-14-15-27(32)30-23)16-25(24)31(26)17-18-8-10-19(11-9-18)21-6-3-4-7-22(21)28(33)34/h3-4,6-13,16,23H,2,5,14-15,17H2,1H3,(H,30,32)(H,33,34). The number of benzene rings is 3. The van der Waals surface area contributed by atoms with Crippen molar-refractivity contribution in [2.75, 3.05) is 0 Å². The first-order valence-corrected chi connectivity index (χ1v) is 11.7. The lowest BCUT2D eigenvalue weighted by atomic mass is 9.98. The summed E-state index contributed by atoms with van der Waals surface area (Å²) in [5.74, 6) is 0.225. The zero-order valence-corrected chi connectivity index (χ0v) is 19.1. The number of aryl methyl sites for hydroxylation is 1. The lowest BCUT2D eigenvalue weighted by Gasteiger charge is -2.13. The molecule has 4 aromatic rings. The van der Waals surface area contributed by atoms with E-state index in [1.165, 1.54) is 0 Å². The van der Waals surface area contributed by atoms with E-state index >= 15 is 0 Å². The third-order valence-corrected chi connectivity index (χ3v) is 6.49. The second kappa shape index (κ2) is 9.14. The molecular weight excluding hydrogens is 426 g/mol. The normalized spacial score (nSPS) is 15.6. The van der Waals surface area contributed by atoms with Gasteiger partial charge in [-0.3, -0.25) is 4.79 Å². The smallest absolute Gasteiger partial charge is 0.336 e. The minimum Gasteiger partial charge on any atom is -0.478 e. The Kier molecular flexibility index (Phi) is 5.88. The molecule has 6 nitrogen and oxygen atoms in total. The number of imidazole rings is 1. The summed E-state index contributed by atoms with van der Waals surface area (Å²) in [4.78, 5) is 28.2. The first kappa shape index (κ1) is 21.9. The van der Waals surface area contributed by atoms with Gasteiger partial charge in [0.15, 0.2) is 0 Å². The Labute approximate surface area is 198 Å². The van der Waals surface area contributed by atoms with Crippen molar-refractivity contribution in [3.05, 3.63) is 89.2 Å². The first-order valence-electron chi connectivity index (χ1n) is 11.7. The molecule has 1 unspecified atom stereocenters. The molecule has 1 aliphatic rings. The Balaban J connectivity index is 1.48. The number of carbonyl (C=O) groups is 2. The summed E-state index contributed by atoms with van der Waals surface area (Å²) in [6.45, 7) is 2.82. The van der Waals surface area contributed by atoms with Crippen LogP contribution in [0.15, 0.2) is 66.7 Å². The van der Waals surface area contributed by atoms with Gasteiger partial charge in [0.25, 0.3) is 0 Å². The van der Waals surface area contributed by atoms with Crippen LogP contribution in [0.4, 0.5) is 0 Å². The van der Waals surface area contributed by atoms with Gasteiger partial charge in [-0.15, -0.1) is 0 Å². The van der Waals surface area contributed by atoms with Crippen LogP contribution in [0, 0.1) is 0 Å². The quantitative estimate of drug-likeness (QED) is 0.395. The molecule has 2 N–H and O–H groups in total. The third kappa shape index (κ3) is 4.19. The maximum absolute atomic E-state index is 11.7. The van der Waals surface area contributed by atoms with Gasteiger partial charge in [-0.2, -0.15) is 0 Å². The summed E-state index contributed by atoms with van der Waals surface area (Å²) in [7, 11) is 0. The molecule has 1 saturated heterocycles. The van der Waals surface area contributed by atoms with Crippen molar-refractivity contribution in [1.82, 2.24) is 14.9 Å². The number of amides is 1. The van der Waals surface area contributed by atoms with Crippen LogP contribution in [-0.4, -0.2) is 26.5 Å². The average molecular weight is 454 g/mol. The molecule has 2 heterocycles. The summed E-state index contributed by atoms with van der Waals surface area (Å²) < 4.78 is 2.26. The SMILES string of the molecule is CCCc1nc2ccc(C3CCC(=O)N3)cc2n1Cc1ccc(-c2ccccc2C(=O)O)cc1. The highest BCUT2D eigenvalue weighted by Gasteiger charge is 2.23. The number of nitrogens with one attached hydrogen (secondary N) is 1. The number of carboxylic acid groups (broad SMARTS) is 1. The molecule has 1 aromatic heterocycles. The van der Waals surface area contributed by atoms with Crippen molar-refractivity contribution in [2.45, 2.75) is 45.2 Å².